The van der Waals surface area contributed by atoms with Gasteiger partial charge in [-0.3, -0.25) is 9.55 Å². The number of hydrogen-bond acceptors (Lipinski definition) is 3. The average molecular weight is 1060 g/mol. The van der Waals surface area contributed by atoms with Crippen LogP contribution >= 0.6 is 0 Å². The zero-order valence-electron chi connectivity index (χ0n) is 41.3. The summed E-state index contributed by atoms with van der Waals surface area (Å²) in [4.78, 5) is 10.6. The summed E-state index contributed by atoms with van der Waals surface area (Å²) < 4.78 is 12.2. The molecule has 1 N–H and O–H groups in total. The van der Waals surface area contributed by atoms with Crippen LogP contribution in [0.15, 0.2) is 170 Å². The van der Waals surface area contributed by atoms with E-state index in [9.17, 15) is 6.48 Å². The van der Waals surface area contributed by atoms with Gasteiger partial charge in [0.1, 0.15) is 11.6 Å². The standard InChI is InChI=1S/C62H60N3O.Pt/c1-40(41-21-14-11-15-22-41)45-33-46(35-47(34-45)54-36-44(31-32-63-54)42-23-16-12-17-24-42)50-27-20-28-56-57(50)64-59(52-38-49(61(5,6)7)39-53(58(52)66)62(8,9)10)65(56)55-30-29-48(60(2,3)4)37-51(55)43-25-18-13-19-26-43;/h11-34,36-40,66H,1-10H3;/q-1;/i40D;. The third-order valence-electron chi connectivity index (χ3n) is 12.8. The van der Waals surface area contributed by atoms with Crippen LogP contribution in [0.4, 0.5) is 0 Å². The van der Waals surface area contributed by atoms with E-state index in [1.54, 1.807) is 0 Å². The molecule has 7 aromatic carbocycles. The molecule has 0 aliphatic heterocycles. The minimum atomic E-state index is -1.11. The van der Waals surface area contributed by atoms with Crippen LogP contribution in [-0.4, -0.2) is 19.6 Å². The van der Waals surface area contributed by atoms with Crippen molar-refractivity contribution in [3.05, 3.63) is 204 Å². The Morgan fingerprint density at radius 2 is 1.16 bits per heavy atom. The van der Waals surface area contributed by atoms with E-state index < -0.39 is 5.89 Å². The predicted molar refractivity (Wildman–Crippen MR) is 277 cm³/mol. The molecule has 0 aliphatic carbocycles. The van der Waals surface area contributed by atoms with E-state index in [2.05, 4.69) is 182 Å². The normalized spacial score (nSPS) is 13.2. The van der Waals surface area contributed by atoms with E-state index in [0.717, 1.165) is 83.6 Å². The third-order valence-corrected chi connectivity index (χ3v) is 12.8. The van der Waals surface area contributed by atoms with Crippen molar-refractivity contribution in [1.82, 2.24) is 14.5 Å². The number of imidazole rings is 1. The summed E-state index contributed by atoms with van der Waals surface area (Å²) in [7, 11) is 0. The fourth-order valence-electron chi connectivity index (χ4n) is 8.91. The molecule has 9 aromatic rings. The Labute approximate surface area is 413 Å². The number of benzene rings is 7. The van der Waals surface area contributed by atoms with Crippen molar-refractivity contribution >= 4 is 11.0 Å². The van der Waals surface area contributed by atoms with Crippen molar-refractivity contribution in [2.75, 3.05) is 0 Å². The van der Waals surface area contributed by atoms with Gasteiger partial charge in [0.2, 0.25) is 0 Å². The van der Waals surface area contributed by atoms with Gasteiger partial charge < -0.3 is 5.11 Å². The van der Waals surface area contributed by atoms with Gasteiger partial charge in [-0.25, -0.2) is 4.98 Å². The molecule has 0 saturated carbocycles. The largest absolute Gasteiger partial charge is 0.507 e. The Hall–Kier alpha value is -6.35. The fourth-order valence-corrected chi connectivity index (χ4v) is 8.91. The summed E-state index contributed by atoms with van der Waals surface area (Å²) in [6.45, 7) is 21.8. The molecule has 0 radical (unpaired) electrons. The summed E-state index contributed by atoms with van der Waals surface area (Å²) in [6.07, 6.45) is 1.85. The van der Waals surface area contributed by atoms with E-state index >= 15 is 0 Å². The number of hydrogen-bond donors (Lipinski definition) is 1. The quantitative estimate of drug-likeness (QED) is 0.154. The molecule has 4 nitrogen and oxygen atoms in total. The number of aromatic hydroxyl groups is 1. The van der Waals surface area contributed by atoms with E-state index in [-0.39, 0.29) is 43.1 Å². The molecule has 5 heteroatoms. The molecular weight excluding hydrogens is 998 g/mol. The Kier molecular flexibility index (Phi) is 12.6. The second-order valence-corrected chi connectivity index (χ2v) is 20.7. The molecule has 2 heterocycles. The molecule has 0 fully saturated rings. The molecule has 67 heavy (non-hydrogen) atoms. The summed E-state index contributed by atoms with van der Waals surface area (Å²) in [6, 6.07) is 60.4. The zero-order chi connectivity index (χ0) is 47.5. The monoisotopic (exact) mass is 1060 g/mol. The summed E-state index contributed by atoms with van der Waals surface area (Å²) >= 11 is 0. The number of fused-ring (bicyclic) bond motifs is 1. The topological polar surface area (TPSA) is 50.9 Å². The van der Waals surface area contributed by atoms with Crippen molar-refractivity contribution < 1.29 is 27.5 Å². The van der Waals surface area contributed by atoms with Crippen LogP contribution in [0.1, 0.15) is 104 Å². The van der Waals surface area contributed by atoms with E-state index in [0.29, 0.717) is 11.4 Å². The molecule has 0 saturated heterocycles. The van der Waals surface area contributed by atoms with Gasteiger partial charge >= 0.3 is 0 Å². The summed E-state index contributed by atoms with van der Waals surface area (Å²) in [5.74, 6) is -0.253. The molecule has 0 aliphatic rings. The summed E-state index contributed by atoms with van der Waals surface area (Å²) in [5.41, 5.74) is 15.0. The van der Waals surface area contributed by atoms with Gasteiger partial charge in [0, 0.05) is 45.5 Å². The van der Waals surface area contributed by atoms with Crippen LogP contribution in [0.2, 0.25) is 0 Å². The van der Waals surface area contributed by atoms with E-state index in [4.69, 9.17) is 9.97 Å². The molecule has 0 bridgehead atoms. The Balaban J connectivity index is 0.00000625. The molecule has 2 aromatic heterocycles. The maximum Gasteiger partial charge on any atom is 0.148 e. The van der Waals surface area contributed by atoms with Crippen molar-refractivity contribution in [3.63, 3.8) is 0 Å². The number of phenolic OH excluding ortho intramolecular Hbond substituents is 1. The van der Waals surface area contributed by atoms with Gasteiger partial charge in [-0.05, 0) is 85.9 Å². The Morgan fingerprint density at radius 1 is 0.552 bits per heavy atom. The number of rotatable bonds is 8. The van der Waals surface area contributed by atoms with Gasteiger partial charge in [-0.1, -0.05) is 202 Å². The van der Waals surface area contributed by atoms with Gasteiger partial charge in [0.15, 0.2) is 0 Å². The first kappa shape index (κ1) is 45.8. The second-order valence-electron chi connectivity index (χ2n) is 20.7. The van der Waals surface area contributed by atoms with E-state index in [1.165, 1.54) is 5.56 Å². The first-order valence-corrected chi connectivity index (χ1v) is 23.0. The maximum atomic E-state index is 12.6. The average Bonchev–Trinajstić information content (AvgIpc) is 3.70. The minimum Gasteiger partial charge on any atom is -0.507 e. The van der Waals surface area contributed by atoms with E-state index in [1.807, 2.05) is 67.7 Å². The SMILES string of the molecule is [2H]C(C)(c1ccccc1)c1cc(-c2cc(-c3ccccc3)ccn2)[c-]c(-c2cccc3c2nc(-c2cc(C(C)(C)C)cc(C(C)(C)C)c2O)n3-c2ccc(C(C)(C)C)cc2-c2ccccc2)c1.[Pt]. The molecule has 0 spiro atoms. The molecule has 340 valence electrons. The molecular formula is C62H60N3OPt-. The zero-order valence-corrected chi connectivity index (χ0v) is 42.5. The van der Waals surface area contributed by atoms with Crippen LogP contribution in [0.3, 0.4) is 0 Å². The number of para-hydroxylation sites is 1. The van der Waals surface area contributed by atoms with Crippen LogP contribution in [0.5, 0.6) is 5.75 Å². The molecule has 1 atom stereocenters. The fraction of sp³-hybridized carbons (Fsp3) is 0.226. The van der Waals surface area contributed by atoms with Gasteiger partial charge in [-0.2, -0.15) is 0 Å². The van der Waals surface area contributed by atoms with Crippen molar-refractivity contribution in [2.45, 2.75) is 91.4 Å². The molecule has 9 rings (SSSR count). The minimum absolute atomic E-state index is 0. The van der Waals surface area contributed by atoms with Crippen LogP contribution < -0.4 is 0 Å². The van der Waals surface area contributed by atoms with Gasteiger partial charge in [0.25, 0.3) is 0 Å². The first-order valence-electron chi connectivity index (χ1n) is 23.5. The number of phenols is 1. The van der Waals surface area contributed by atoms with Crippen molar-refractivity contribution in [1.29, 1.82) is 0 Å². The number of nitrogens with zero attached hydrogens (tertiary/aromatic N) is 3. The summed E-state index contributed by atoms with van der Waals surface area (Å²) in [5, 5.41) is 12.6. The second kappa shape index (κ2) is 18.4. The predicted octanol–water partition coefficient (Wildman–Crippen LogP) is 16.3. The number of aromatic nitrogens is 3. The van der Waals surface area contributed by atoms with Crippen LogP contribution in [0, 0.1) is 6.07 Å². The first-order chi connectivity index (χ1) is 31.8. The molecule has 0 amide bonds. The molecule has 1 unspecified atom stereocenters. The van der Waals surface area contributed by atoms with Gasteiger partial charge in [-0.15, -0.1) is 29.3 Å². The van der Waals surface area contributed by atoms with Crippen LogP contribution in [-0.2, 0) is 37.3 Å². The van der Waals surface area contributed by atoms with Crippen molar-refractivity contribution in [2.24, 2.45) is 0 Å². The third kappa shape index (κ3) is 9.47. The smallest absolute Gasteiger partial charge is 0.148 e. The van der Waals surface area contributed by atoms with Crippen LogP contribution in [0.25, 0.3) is 72.7 Å². The van der Waals surface area contributed by atoms with Gasteiger partial charge in [0.05, 0.1) is 22.3 Å². The van der Waals surface area contributed by atoms with Crippen molar-refractivity contribution in [3.8, 4) is 67.5 Å². The Morgan fingerprint density at radius 3 is 1.81 bits per heavy atom. The maximum absolute atomic E-state index is 12.6. The Bertz CT molecular complexity index is 3260. The number of pyridine rings is 1.